The van der Waals surface area contributed by atoms with Gasteiger partial charge < -0.3 is 14.8 Å². The third kappa shape index (κ3) is 4.49. The molecule has 0 aromatic heterocycles. The summed E-state index contributed by atoms with van der Waals surface area (Å²) in [6, 6.07) is 25.6. The number of rotatable bonds is 7. The molecule has 1 aliphatic heterocycles. The Morgan fingerprint density at radius 2 is 1.76 bits per heavy atom. The number of carbonyl (C=O) groups excluding carboxylic acids is 1. The monoisotopic (exact) mass is 387 g/mol. The molecule has 0 bridgehead atoms. The lowest BCUT2D eigenvalue weighted by Gasteiger charge is -2.26. The lowest BCUT2D eigenvalue weighted by atomic mass is 9.96. The minimum absolute atomic E-state index is 0.0779. The van der Waals surface area contributed by atoms with Gasteiger partial charge in [-0.3, -0.25) is 4.79 Å². The lowest BCUT2D eigenvalue weighted by molar-refractivity contribution is 0.0848. The molecule has 0 fully saturated rings. The van der Waals surface area contributed by atoms with E-state index >= 15 is 0 Å². The molecule has 3 aromatic carbocycles. The maximum Gasteiger partial charge on any atom is 0.170 e. The highest BCUT2D eigenvalue weighted by atomic mass is 16.5. The molecule has 0 amide bonds. The van der Waals surface area contributed by atoms with Gasteiger partial charge in [0.05, 0.1) is 12.0 Å². The summed E-state index contributed by atoms with van der Waals surface area (Å²) in [7, 11) is 1.93. The molecule has 0 aliphatic carbocycles. The molecule has 148 valence electrons. The Bertz CT molecular complexity index is 956. The summed E-state index contributed by atoms with van der Waals surface area (Å²) in [6.45, 7) is 0.843. The second-order valence-electron chi connectivity index (χ2n) is 7.21. The third-order valence-corrected chi connectivity index (χ3v) is 5.17. The Hall–Kier alpha value is -3.11. The summed E-state index contributed by atoms with van der Waals surface area (Å²) >= 11 is 0. The molecule has 4 heteroatoms. The number of nitrogens with one attached hydrogen (secondary N) is 1. The zero-order chi connectivity index (χ0) is 20.1. The predicted octanol–water partition coefficient (Wildman–Crippen LogP) is 5.12. The molecule has 1 aliphatic rings. The van der Waals surface area contributed by atoms with E-state index in [9.17, 15) is 4.79 Å². The molecule has 1 N–H and O–H groups in total. The molecule has 1 unspecified atom stereocenters. The summed E-state index contributed by atoms with van der Waals surface area (Å²) in [5, 5.41) is 3.18. The minimum atomic E-state index is -0.263. The van der Waals surface area contributed by atoms with Crippen LogP contribution in [0.25, 0.3) is 0 Å². The van der Waals surface area contributed by atoms with Crippen molar-refractivity contribution < 1.29 is 14.3 Å². The summed E-state index contributed by atoms with van der Waals surface area (Å²) in [4.78, 5) is 12.6. The van der Waals surface area contributed by atoms with Gasteiger partial charge in [0, 0.05) is 12.5 Å². The number of hydrogen-bond acceptors (Lipinski definition) is 4. The van der Waals surface area contributed by atoms with Gasteiger partial charge in [0.25, 0.3) is 0 Å². The standard InChI is InChI=1S/C25H25NO3/c1-26-15-14-23(18-8-4-2-5-9-18)28-20-12-13-21-22(27)17-24(29-25(21)16-20)19-10-6-3-7-11-19/h2-13,16,23-24,26H,14-15,17H2,1H3/t23?,24-/m1/s1. The number of ketones is 1. The van der Waals surface area contributed by atoms with Crippen molar-refractivity contribution >= 4 is 5.78 Å². The molecule has 0 spiro atoms. The van der Waals surface area contributed by atoms with E-state index in [1.54, 1.807) is 0 Å². The molecule has 4 nitrogen and oxygen atoms in total. The minimum Gasteiger partial charge on any atom is -0.486 e. The molecular formula is C25H25NO3. The van der Waals surface area contributed by atoms with Gasteiger partial charge in [-0.1, -0.05) is 60.7 Å². The fourth-order valence-corrected chi connectivity index (χ4v) is 3.63. The van der Waals surface area contributed by atoms with E-state index in [0.29, 0.717) is 23.5 Å². The van der Waals surface area contributed by atoms with Crippen molar-refractivity contribution in [3.63, 3.8) is 0 Å². The number of carbonyl (C=O) groups is 1. The maximum absolute atomic E-state index is 12.6. The first-order valence-electron chi connectivity index (χ1n) is 9.99. The summed E-state index contributed by atoms with van der Waals surface area (Å²) in [5.41, 5.74) is 2.75. The summed E-state index contributed by atoms with van der Waals surface area (Å²) in [5.74, 6) is 1.39. The van der Waals surface area contributed by atoms with E-state index in [-0.39, 0.29) is 18.0 Å². The molecule has 29 heavy (non-hydrogen) atoms. The van der Waals surface area contributed by atoms with Crippen LogP contribution < -0.4 is 14.8 Å². The normalized spacial score (nSPS) is 16.6. The van der Waals surface area contributed by atoms with Crippen LogP contribution in [0.1, 0.15) is 46.5 Å². The van der Waals surface area contributed by atoms with Crippen molar-refractivity contribution in [1.82, 2.24) is 5.32 Å². The van der Waals surface area contributed by atoms with Crippen LogP contribution in [0, 0.1) is 0 Å². The maximum atomic E-state index is 12.6. The van der Waals surface area contributed by atoms with Gasteiger partial charge in [-0.2, -0.15) is 0 Å². The lowest BCUT2D eigenvalue weighted by Crippen LogP contribution is -2.20. The van der Waals surface area contributed by atoms with Crippen LogP contribution >= 0.6 is 0 Å². The Labute approximate surface area is 171 Å². The van der Waals surface area contributed by atoms with Gasteiger partial charge in [0.1, 0.15) is 23.7 Å². The van der Waals surface area contributed by atoms with Crippen molar-refractivity contribution in [1.29, 1.82) is 0 Å². The quantitative estimate of drug-likeness (QED) is 0.611. The highest BCUT2D eigenvalue weighted by molar-refractivity contribution is 6.00. The van der Waals surface area contributed by atoms with Gasteiger partial charge >= 0.3 is 0 Å². The molecule has 0 saturated carbocycles. The molecular weight excluding hydrogens is 362 g/mol. The van der Waals surface area contributed by atoms with Gasteiger partial charge in [-0.25, -0.2) is 0 Å². The van der Waals surface area contributed by atoms with Crippen molar-refractivity contribution in [2.45, 2.75) is 25.0 Å². The largest absolute Gasteiger partial charge is 0.486 e. The number of Topliss-reactive ketones (excluding diaryl/α,β-unsaturated/α-hetero) is 1. The van der Waals surface area contributed by atoms with Crippen LogP contribution in [0.2, 0.25) is 0 Å². The zero-order valence-electron chi connectivity index (χ0n) is 16.5. The van der Waals surface area contributed by atoms with E-state index in [1.807, 2.05) is 73.8 Å². The summed E-state index contributed by atoms with van der Waals surface area (Å²) in [6.07, 6.45) is 0.849. The van der Waals surface area contributed by atoms with Crippen molar-refractivity contribution in [3.8, 4) is 11.5 Å². The first kappa shape index (κ1) is 19.2. The molecule has 1 heterocycles. The van der Waals surface area contributed by atoms with Crippen molar-refractivity contribution in [2.24, 2.45) is 0 Å². The molecule has 0 saturated heterocycles. The molecule has 3 aromatic rings. The van der Waals surface area contributed by atoms with E-state index in [2.05, 4.69) is 17.4 Å². The third-order valence-electron chi connectivity index (χ3n) is 5.17. The number of benzene rings is 3. The smallest absolute Gasteiger partial charge is 0.170 e. The average molecular weight is 387 g/mol. The van der Waals surface area contributed by atoms with Crippen LogP contribution in [0.5, 0.6) is 11.5 Å². The first-order chi connectivity index (χ1) is 14.2. The van der Waals surface area contributed by atoms with Crippen LogP contribution in [-0.2, 0) is 0 Å². The highest BCUT2D eigenvalue weighted by Crippen LogP contribution is 2.38. The predicted molar refractivity (Wildman–Crippen MR) is 114 cm³/mol. The SMILES string of the molecule is CNCCC(Oc1ccc2c(c1)O[C@@H](c1ccccc1)CC2=O)c1ccccc1. The fraction of sp³-hybridized carbons (Fsp3) is 0.240. The van der Waals surface area contributed by atoms with Crippen LogP contribution in [-0.4, -0.2) is 19.4 Å². The number of fused-ring (bicyclic) bond motifs is 1. The van der Waals surface area contributed by atoms with Crippen LogP contribution in [0.4, 0.5) is 0 Å². The average Bonchev–Trinajstić information content (AvgIpc) is 2.77. The first-order valence-corrected chi connectivity index (χ1v) is 9.99. The van der Waals surface area contributed by atoms with Crippen LogP contribution in [0.3, 0.4) is 0 Å². The number of ether oxygens (including phenoxy) is 2. The molecule has 0 radical (unpaired) electrons. The van der Waals surface area contributed by atoms with Gasteiger partial charge in [0.15, 0.2) is 5.78 Å². The van der Waals surface area contributed by atoms with E-state index in [1.165, 1.54) is 0 Å². The molecule has 4 rings (SSSR count). The summed E-state index contributed by atoms with van der Waals surface area (Å²) < 4.78 is 12.5. The topological polar surface area (TPSA) is 47.6 Å². The Kier molecular flexibility index (Phi) is 5.92. The second-order valence-corrected chi connectivity index (χ2v) is 7.21. The fourth-order valence-electron chi connectivity index (χ4n) is 3.63. The van der Waals surface area contributed by atoms with Gasteiger partial charge in [0.2, 0.25) is 0 Å². The van der Waals surface area contributed by atoms with E-state index in [0.717, 1.165) is 24.1 Å². The van der Waals surface area contributed by atoms with Crippen molar-refractivity contribution in [3.05, 3.63) is 95.6 Å². The Morgan fingerprint density at radius 1 is 1.03 bits per heavy atom. The zero-order valence-corrected chi connectivity index (χ0v) is 16.5. The molecule has 2 atom stereocenters. The van der Waals surface area contributed by atoms with E-state index in [4.69, 9.17) is 9.47 Å². The van der Waals surface area contributed by atoms with Crippen LogP contribution in [0.15, 0.2) is 78.9 Å². The highest BCUT2D eigenvalue weighted by Gasteiger charge is 2.28. The Morgan fingerprint density at radius 3 is 2.48 bits per heavy atom. The van der Waals surface area contributed by atoms with Crippen molar-refractivity contribution in [2.75, 3.05) is 13.6 Å². The van der Waals surface area contributed by atoms with Gasteiger partial charge in [-0.05, 0) is 36.9 Å². The Balaban J connectivity index is 1.57. The van der Waals surface area contributed by atoms with E-state index < -0.39 is 0 Å². The van der Waals surface area contributed by atoms with Gasteiger partial charge in [-0.15, -0.1) is 0 Å². The number of hydrogen-bond donors (Lipinski definition) is 1. The second kappa shape index (κ2) is 8.93.